The highest BCUT2D eigenvalue weighted by atomic mass is 19.1. The molecule has 3 heteroatoms. The lowest BCUT2D eigenvalue weighted by Crippen LogP contribution is -1.91. The fourth-order valence-corrected chi connectivity index (χ4v) is 2.69. The van der Waals surface area contributed by atoms with Crippen LogP contribution in [0.5, 0.6) is 0 Å². The van der Waals surface area contributed by atoms with Crippen LogP contribution in [-0.4, -0.2) is 11.6 Å². The maximum Gasteiger partial charge on any atom is 0.312 e. The minimum atomic E-state index is -0.203. The minimum Gasteiger partial charge on any atom is -0.322 e. The van der Waals surface area contributed by atoms with Crippen molar-refractivity contribution in [1.29, 1.82) is 0 Å². The van der Waals surface area contributed by atoms with Gasteiger partial charge in [-0.3, -0.25) is 0 Å². The van der Waals surface area contributed by atoms with Crippen molar-refractivity contribution >= 4 is 0 Å². The summed E-state index contributed by atoms with van der Waals surface area (Å²) in [5.74, 6) is -0.203. The molecule has 0 fully saturated rings. The van der Waals surface area contributed by atoms with E-state index in [-0.39, 0.29) is 5.82 Å². The first-order valence-electron chi connectivity index (χ1n) is 8.89. The maximum absolute atomic E-state index is 14.0. The zero-order valence-electron chi connectivity index (χ0n) is 16.7. The zero-order valence-corrected chi connectivity index (χ0v) is 16.7. The van der Waals surface area contributed by atoms with E-state index in [1.165, 1.54) is 11.1 Å². The van der Waals surface area contributed by atoms with Gasteiger partial charge in [0.25, 0.3) is 7.05 Å². The molecule has 3 aromatic rings. The molecule has 0 unspecified atom stereocenters. The molecular formula is C24H26FN2+. The number of hydrogen-bond donors (Lipinski definition) is 0. The highest BCUT2D eigenvalue weighted by Crippen LogP contribution is 2.28. The molecule has 0 saturated heterocycles. The zero-order chi connectivity index (χ0) is 20.0. The van der Waals surface area contributed by atoms with Crippen LogP contribution in [0, 0.1) is 32.7 Å². The van der Waals surface area contributed by atoms with Gasteiger partial charge in [0.2, 0.25) is 0 Å². The second kappa shape index (κ2) is 9.00. The number of aromatic nitrogens is 1. The topological polar surface area (TPSA) is 9.29 Å². The van der Waals surface area contributed by atoms with E-state index in [0.29, 0.717) is 5.56 Å². The van der Waals surface area contributed by atoms with Gasteiger partial charge in [0.1, 0.15) is 11.4 Å². The molecule has 2 aromatic carbocycles. The van der Waals surface area contributed by atoms with Crippen LogP contribution in [0.25, 0.3) is 21.7 Å². The summed E-state index contributed by atoms with van der Waals surface area (Å²) in [7, 11) is 1.69. The van der Waals surface area contributed by atoms with Crippen molar-refractivity contribution in [1.82, 2.24) is 4.57 Å². The van der Waals surface area contributed by atoms with Crippen molar-refractivity contribution in [2.24, 2.45) is 0 Å². The average molecular weight is 361 g/mol. The van der Waals surface area contributed by atoms with E-state index in [9.17, 15) is 4.39 Å². The lowest BCUT2D eigenvalue weighted by Gasteiger charge is -2.06. The van der Waals surface area contributed by atoms with Crippen LogP contribution < -0.4 is 0 Å². The molecule has 0 saturated carbocycles. The Morgan fingerprint density at radius 2 is 1.67 bits per heavy atom. The molecule has 0 bridgehead atoms. The van der Waals surface area contributed by atoms with Crippen molar-refractivity contribution in [2.45, 2.75) is 27.7 Å². The van der Waals surface area contributed by atoms with Gasteiger partial charge < -0.3 is 4.57 Å². The molecular weight excluding hydrogens is 335 g/mol. The smallest absolute Gasteiger partial charge is 0.312 e. The first kappa shape index (κ1) is 20.2. The normalized spacial score (nSPS) is 9.70. The number of hydrogen-bond acceptors (Lipinski definition) is 0. The molecule has 27 heavy (non-hydrogen) atoms. The number of allylic oxidation sites excluding steroid dienone is 1. The Morgan fingerprint density at radius 1 is 1.00 bits per heavy atom. The lowest BCUT2D eigenvalue weighted by atomic mass is 10.0. The average Bonchev–Trinajstić information content (AvgIpc) is 3.05. The third kappa shape index (κ3) is 4.74. The summed E-state index contributed by atoms with van der Waals surface area (Å²) in [6.07, 6.45) is 5.73. The molecule has 2 nitrogen and oxygen atoms in total. The summed E-state index contributed by atoms with van der Waals surface area (Å²) >= 11 is 0. The highest BCUT2D eigenvalue weighted by Gasteiger charge is 2.14. The van der Waals surface area contributed by atoms with Gasteiger partial charge >= 0.3 is 6.07 Å². The van der Waals surface area contributed by atoms with Gasteiger partial charge in [-0.2, -0.15) is 0 Å². The predicted octanol–water partition coefficient (Wildman–Crippen LogP) is 6.71. The molecule has 1 aromatic heterocycles. The summed E-state index contributed by atoms with van der Waals surface area (Å²) in [6, 6.07) is 14.6. The van der Waals surface area contributed by atoms with E-state index in [2.05, 4.69) is 49.5 Å². The van der Waals surface area contributed by atoms with E-state index < -0.39 is 0 Å². The van der Waals surface area contributed by atoms with E-state index in [4.69, 9.17) is 0 Å². The van der Waals surface area contributed by atoms with E-state index in [1.807, 2.05) is 30.0 Å². The molecule has 0 N–H and O–H groups in total. The number of halogens is 1. The summed E-state index contributed by atoms with van der Waals surface area (Å²) in [6.45, 7) is 11.2. The number of nitrogens with zero attached hydrogens (tertiary/aromatic N) is 2. The summed E-state index contributed by atoms with van der Waals surface area (Å²) in [4.78, 5) is 4.01. The quantitative estimate of drug-likeness (QED) is 0.449. The summed E-state index contributed by atoms with van der Waals surface area (Å²) in [5, 5.41) is 0. The summed E-state index contributed by atoms with van der Waals surface area (Å²) < 4.78 is 16.0. The first-order chi connectivity index (χ1) is 12.9. The largest absolute Gasteiger partial charge is 0.322 e. The Bertz CT molecular complexity index is 1020. The molecule has 1 heterocycles. The minimum absolute atomic E-state index is 0.203. The standard InChI is InChI=1S/C21H20FN2.C3H6/c1-14-6-8-19(9-16(14)3)24-12-18(11-23-4)20(13-24)17-7-5-15(2)21(22)10-17;1-3-2/h5-10,12-13H,1-4H3;3H,1H2,2H3/q+1;. The molecule has 0 amide bonds. The Morgan fingerprint density at radius 3 is 2.26 bits per heavy atom. The summed E-state index contributed by atoms with van der Waals surface area (Å²) in [5.41, 5.74) is 6.79. The van der Waals surface area contributed by atoms with Crippen LogP contribution in [0.3, 0.4) is 0 Å². The van der Waals surface area contributed by atoms with E-state index >= 15 is 0 Å². The molecule has 0 aliphatic heterocycles. The molecule has 0 atom stereocenters. The monoisotopic (exact) mass is 361 g/mol. The predicted molar refractivity (Wildman–Crippen MR) is 114 cm³/mol. The molecule has 138 valence electrons. The fourth-order valence-electron chi connectivity index (χ4n) is 2.69. The van der Waals surface area contributed by atoms with Crippen molar-refractivity contribution in [3.63, 3.8) is 0 Å². The number of rotatable bonds is 2. The van der Waals surface area contributed by atoms with Crippen LogP contribution in [0.1, 0.15) is 29.2 Å². The highest BCUT2D eigenvalue weighted by molar-refractivity contribution is 5.71. The number of benzene rings is 2. The number of aryl methyl sites for hydroxylation is 3. The van der Waals surface area contributed by atoms with Gasteiger partial charge in [-0.05, 0) is 68.1 Å². The van der Waals surface area contributed by atoms with Gasteiger partial charge in [-0.15, -0.1) is 6.58 Å². The second-order valence-electron chi connectivity index (χ2n) is 6.47. The van der Waals surface area contributed by atoms with Gasteiger partial charge in [0, 0.05) is 23.6 Å². The fraction of sp³-hybridized carbons (Fsp3) is 0.208. The van der Waals surface area contributed by atoms with Crippen LogP contribution in [-0.2, 0) is 0 Å². The third-order valence-corrected chi connectivity index (χ3v) is 4.33. The van der Waals surface area contributed by atoms with Gasteiger partial charge in [-0.25, -0.2) is 4.39 Å². The van der Waals surface area contributed by atoms with E-state index in [0.717, 1.165) is 22.4 Å². The van der Waals surface area contributed by atoms with Crippen molar-refractivity contribution in [3.05, 3.63) is 94.4 Å². The van der Waals surface area contributed by atoms with E-state index in [1.54, 1.807) is 32.2 Å². The van der Waals surface area contributed by atoms with Crippen molar-refractivity contribution < 1.29 is 4.39 Å². The van der Waals surface area contributed by atoms with Gasteiger partial charge in [0.05, 0.1) is 0 Å². The SMILES string of the molecule is C=CC.C[N+]#Cc1cn(-c2ccc(C)c(C)c2)cc1-c1ccc(C)c(F)c1. The Labute approximate surface area is 161 Å². The second-order valence-corrected chi connectivity index (χ2v) is 6.47. The molecule has 0 spiro atoms. The van der Waals surface area contributed by atoms with Crippen LogP contribution in [0.15, 0.2) is 61.4 Å². The maximum atomic E-state index is 14.0. The Balaban J connectivity index is 0.000000817. The van der Waals surface area contributed by atoms with Crippen molar-refractivity contribution in [2.75, 3.05) is 7.05 Å². The van der Waals surface area contributed by atoms with Gasteiger partial charge in [-0.1, -0.05) is 29.1 Å². The first-order valence-corrected chi connectivity index (χ1v) is 8.89. The molecule has 3 rings (SSSR count). The molecule has 0 aliphatic rings. The van der Waals surface area contributed by atoms with Crippen molar-refractivity contribution in [3.8, 4) is 22.9 Å². The Kier molecular flexibility index (Phi) is 6.73. The van der Waals surface area contributed by atoms with Crippen LogP contribution in [0.4, 0.5) is 4.39 Å². The van der Waals surface area contributed by atoms with Gasteiger partial charge in [0.15, 0.2) is 0 Å². The third-order valence-electron chi connectivity index (χ3n) is 4.33. The lowest BCUT2D eigenvalue weighted by molar-refractivity contribution is 0.619. The van der Waals surface area contributed by atoms with Crippen LogP contribution >= 0.6 is 0 Å². The Hall–Kier alpha value is -3.12. The molecule has 0 aliphatic carbocycles. The molecule has 0 radical (unpaired) electrons. The van der Waals surface area contributed by atoms with Crippen LogP contribution in [0.2, 0.25) is 0 Å².